The second-order valence-electron chi connectivity index (χ2n) is 3.91. The second-order valence-corrected chi connectivity index (χ2v) is 5.02. The maximum Gasteiger partial charge on any atom is 0.315 e. The van der Waals surface area contributed by atoms with Crippen LogP contribution >= 0.6 is 11.8 Å². The van der Waals surface area contributed by atoms with Crippen molar-refractivity contribution < 1.29 is 23.1 Å². The molecule has 5 nitrogen and oxygen atoms in total. The Hall–Kier alpha value is -0.890. The van der Waals surface area contributed by atoms with E-state index in [2.05, 4.69) is 15.4 Å². The molecule has 1 fully saturated rings. The lowest BCUT2D eigenvalue weighted by Crippen LogP contribution is -2.41. The average molecular weight is 282 g/mol. The van der Waals surface area contributed by atoms with E-state index in [4.69, 9.17) is 0 Å². The van der Waals surface area contributed by atoms with Crippen molar-refractivity contribution >= 4 is 23.6 Å². The highest BCUT2D eigenvalue weighted by atomic mass is 32.2. The lowest BCUT2D eigenvalue weighted by molar-refractivity contribution is -0.137. The summed E-state index contributed by atoms with van der Waals surface area (Å²) in [5.74, 6) is -2.81. The molecule has 0 aromatic rings. The molecule has 8 heteroatoms. The first-order valence-electron chi connectivity index (χ1n) is 5.48. The van der Waals surface area contributed by atoms with E-state index in [0.29, 0.717) is 12.3 Å². The maximum absolute atomic E-state index is 12.8. The minimum Gasteiger partial charge on any atom is -0.468 e. The van der Waals surface area contributed by atoms with Crippen molar-refractivity contribution in [2.45, 2.75) is 18.4 Å². The molecule has 0 bridgehead atoms. The Morgan fingerprint density at radius 2 is 2.28 bits per heavy atom. The molecule has 1 unspecified atom stereocenters. The van der Waals surface area contributed by atoms with Gasteiger partial charge >= 0.3 is 5.97 Å². The number of thioether (sulfide) groups is 1. The van der Waals surface area contributed by atoms with E-state index in [9.17, 15) is 18.4 Å². The average Bonchev–Trinajstić information content (AvgIpc) is 2.68. The van der Waals surface area contributed by atoms with Crippen LogP contribution in [0.2, 0.25) is 0 Å². The van der Waals surface area contributed by atoms with Gasteiger partial charge in [-0.05, 0) is 0 Å². The van der Waals surface area contributed by atoms with Crippen LogP contribution in [0.4, 0.5) is 8.78 Å². The van der Waals surface area contributed by atoms with Crippen LogP contribution in [0.15, 0.2) is 0 Å². The summed E-state index contributed by atoms with van der Waals surface area (Å²) in [4.78, 5) is 22.2. The van der Waals surface area contributed by atoms with Gasteiger partial charge < -0.3 is 10.1 Å². The van der Waals surface area contributed by atoms with Crippen molar-refractivity contribution in [3.63, 3.8) is 0 Å². The van der Waals surface area contributed by atoms with Gasteiger partial charge in [0.25, 0.3) is 5.92 Å². The molecule has 0 radical (unpaired) electrons. The summed E-state index contributed by atoms with van der Waals surface area (Å²) in [5, 5.41) is 5.02. The van der Waals surface area contributed by atoms with Gasteiger partial charge in [0.1, 0.15) is 0 Å². The topological polar surface area (TPSA) is 67.4 Å². The van der Waals surface area contributed by atoms with Gasteiger partial charge in [-0.3, -0.25) is 14.9 Å². The van der Waals surface area contributed by atoms with E-state index in [1.165, 1.54) is 18.9 Å². The van der Waals surface area contributed by atoms with Gasteiger partial charge in [0.05, 0.1) is 25.4 Å². The normalized spacial score (nSPS) is 21.6. The van der Waals surface area contributed by atoms with Crippen LogP contribution in [-0.4, -0.2) is 55.5 Å². The van der Waals surface area contributed by atoms with Crippen molar-refractivity contribution in [3.05, 3.63) is 0 Å². The van der Waals surface area contributed by atoms with E-state index in [-0.39, 0.29) is 11.7 Å². The van der Waals surface area contributed by atoms with Crippen LogP contribution in [0.5, 0.6) is 0 Å². The van der Waals surface area contributed by atoms with Gasteiger partial charge in [-0.2, -0.15) is 0 Å². The molecule has 1 heterocycles. The SMILES string of the molecule is COC(=O)CSCCNC(=O)C1CC(F)(F)CN1. The predicted molar refractivity (Wildman–Crippen MR) is 63.7 cm³/mol. The highest BCUT2D eigenvalue weighted by Gasteiger charge is 2.42. The number of alkyl halides is 2. The van der Waals surface area contributed by atoms with E-state index in [0.717, 1.165) is 0 Å². The van der Waals surface area contributed by atoms with Gasteiger partial charge in [-0.15, -0.1) is 11.8 Å². The van der Waals surface area contributed by atoms with Crippen molar-refractivity contribution in [2.24, 2.45) is 0 Å². The highest BCUT2D eigenvalue weighted by molar-refractivity contribution is 7.99. The Kier molecular flexibility index (Phi) is 5.80. The Balaban J connectivity index is 2.09. The molecule has 2 N–H and O–H groups in total. The van der Waals surface area contributed by atoms with Gasteiger partial charge in [-0.1, -0.05) is 0 Å². The van der Waals surface area contributed by atoms with E-state index < -0.39 is 30.8 Å². The number of esters is 1. The van der Waals surface area contributed by atoms with E-state index in [1.54, 1.807) is 0 Å². The van der Waals surface area contributed by atoms with Gasteiger partial charge in [0.15, 0.2) is 0 Å². The van der Waals surface area contributed by atoms with Crippen LogP contribution in [0.1, 0.15) is 6.42 Å². The first-order chi connectivity index (χ1) is 8.44. The van der Waals surface area contributed by atoms with Crippen molar-refractivity contribution in [2.75, 3.05) is 31.7 Å². The fourth-order valence-corrected chi connectivity index (χ4v) is 2.16. The van der Waals surface area contributed by atoms with Gasteiger partial charge in [0.2, 0.25) is 5.91 Å². The molecule has 0 aliphatic carbocycles. The lowest BCUT2D eigenvalue weighted by Gasteiger charge is -2.10. The predicted octanol–water partition coefficient (Wildman–Crippen LogP) is 0.00600. The standard InChI is InChI=1S/C10H16F2N2O3S/c1-17-8(15)5-18-3-2-13-9(16)7-4-10(11,12)6-14-7/h7,14H,2-6H2,1H3,(H,13,16). The smallest absolute Gasteiger partial charge is 0.315 e. The second kappa shape index (κ2) is 6.89. The molecule has 18 heavy (non-hydrogen) atoms. The summed E-state index contributed by atoms with van der Waals surface area (Å²) in [6, 6.07) is -0.828. The third-order valence-electron chi connectivity index (χ3n) is 2.42. The number of carbonyl (C=O) groups excluding carboxylic acids is 2. The molecule has 1 atom stereocenters. The number of rotatable bonds is 6. The molecule has 1 saturated heterocycles. The zero-order valence-corrected chi connectivity index (χ0v) is 10.8. The molecule has 1 rings (SSSR count). The molecular formula is C10H16F2N2O3S. The first kappa shape index (κ1) is 15.2. The Morgan fingerprint density at radius 1 is 1.56 bits per heavy atom. The number of halogens is 2. The summed E-state index contributed by atoms with van der Waals surface area (Å²) in [6.07, 6.45) is -0.464. The summed E-state index contributed by atoms with van der Waals surface area (Å²) in [7, 11) is 1.30. The minimum absolute atomic E-state index is 0.214. The zero-order valence-electron chi connectivity index (χ0n) is 10.0. The van der Waals surface area contributed by atoms with Crippen LogP contribution in [-0.2, 0) is 14.3 Å². The van der Waals surface area contributed by atoms with Crippen LogP contribution in [0, 0.1) is 0 Å². The Morgan fingerprint density at radius 3 is 2.83 bits per heavy atom. The number of hydrogen-bond acceptors (Lipinski definition) is 5. The zero-order chi connectivity index (χ0) is 13.6. The quantitative estimate of drug-likeness (QED) is 0.530. The van der Waals surface area contributed by atoms with Crippen molar-refractivity contribution in [1.82, 2.24) is 10.6 Å². The van der Waals surface area contributed by atoms with Crippen LogP contribution in [0.25, 0.3) is 0 Å². The third-order valence-corrected chi connectivity index (χ3v) is 3.35. The fourth-order valence-electron chi connectivity index (χ4n) is 1.48. The largest absolute Gasteiger partial charge is 0.468 e. The minimum atomic E-state index is -2.80. The van der Waals surface area contributed by atoms with Crippen LogP contribution in [0.3, 0.4) is 0 Å². The van der Waals surface area contributed by atoms with E-state index >= 15 is 0 Å². The van der Waals surface area contributed by atoms with Crippen LogP contribution < -0.4 is 10.6 Å². The number of methoxy groups -OCH3 is 1. The Labute approximate surface area is 108 Å². The molecule has 1 aliphatic heterocycles. The summed E-state index contributed by atoms with van der Waals surface area (Å²) in [6.45, 7) is -0.119. The molecule has 0 saturated carbocycles. The highest BCUT2D eigenvalue weighted by Crippen LogP contribution is 2.24. The van der Waals surface area contributed by atoms with E-state index in [1.807, 2.05) is 0 Å². The summed E-state index contributed by atoms with van der Waals surface area (Å²) < 4.78 is 30.1. The summed E-state index contributed by atoms with van der Waals surface area (Å²) >= 11 is 1.31. The molecule has 0 aromatic heterocycles. The third kappa shape index (κ3) is 5.18. The molecule has 0 aromatic carbocycles. The lowest BCUT2D eigenvalue weighted by atomic mass is 10.2. The number of amides is 1. The number of ether oxygens (including phenoxy) is 1. The number of carbonyl (C=O) groups is 2. The van der Waals surface area contributed by atoms with Crippen molar-refractivity contribution in [3.8, 4) is 0 Å². The number of nitrogens with one attached hydrogen (secondary N) is 2. The first-order valence-corrected chi connectivity index (χ1v) is 6.63. The molecule has 1 aliphatic rings. The summed E-state index contributed by atoms with van der Waals surface area (Å²) in [5.41, 5.74) is 0. The Bertz CT molecular complexity index is 315. The maximum atomic E-state index is 12.8. The molecule has 104 valence electrons. The monoisotopic (exact) mass is 282 g/mol. The number of hydrogen-bond donors (Lipinski definition) is 2. The molecular weight excluding hydrogens is 266 g/mol. The fraction of sp³-hybridized carbons (Fsp3) is 0.800. The molecule has 1 amide bonds. The van der Waals surface area contributed by atoms with Gasteiger partial charge in [0, 0.05) is 18.7 Å². The van der Waals surface area contributed by atoms with Gasteiger partial charge in [-0.25, -0.2) is 8.78 Å². The van der Waals surface area contributed by atoms with Crippen molar-refractivity contribution in [1.29, 1.82) is 0 Å². The molecule has 0 spiro atoms.